The molecule has 1 aromatic heterocycles. The van der Waals surface area contributed by atoms with Crippen LogP contribution in [-0.4, -0.2) is 28.9 Å². The smallest absolute Gasteiger partial charge is 0.243 e. The maximum Gasteiger partial charge on any atom is 0.243 e. The van der Waals surface area contributed by atoms with Crippen LogP contribution in [0, 0.1) is 5.92 Å². The van der Waals surface area contributed by atoms with E-state index in [1.54, 1.807) is 6.20 Å². The Morgan fingerprint density at radius 1 is 1.28 bits per heavy atom. The Labute approximate surface area is 149 Å². The van der Waals surface area contributed by atoms with Gasteiger partial charge in [-0.15, -0.1) is 0 Å². The number of rotatable bonds is 7. The monoisotopic (exact) mass is 347 g/mol. The lowest BCUT2D eigenvalue weighted by atomic mass is 9.98. The molecule has 1 heterocycles. The number of amides is 2. The number of ether oxygens (including phenoxy) is 1. The highest BCUT2D eigenvalue weighted by atomic mass is 16.5. The number of pyridine rings is 1. The molecule has 6 nitrogen and oxygen atoms in total. The third-order valence-corrected chi connectivity index (χ3v) is 4.41. The van der Waals surface area contributed by atoms with Gasteiger partial charge in [0.15, 0.2) is 0 Å². The van der Waals surface area contributed by atoms with E-state index >= 15 is 0 Å². The van der Waals surface area contributed by atoms with Crippen LogP contribution in [0.5, 0.6) is 5.88 Å². The van der Waals surface area contributed by atoms with Crippen molar-refractivity contribution in [2.75, 3.05) is 0 Å². The number of aromatic nitrogens is 1. The maximum absolute atomic E-state index is 12.3. The normalized spacial score (nSPS) is 16.3. The Hall–Kier alpha value is -2.11. The number of hydrogen-bond donors (Lipinski definition) is 2. The van der Waals surface area contributed by atoms with Gasteiger partial charge in [-0.1, -0.05) is 20.3 Å². The molecule has 1 saturated carbocycles. The predicted molar refractivity (Wildman–Crippen MR) is 96.0 cm³/mol. The van der Waals surface area contributed by atoms with Gasteiger partial charge >= 0.3 is 0 Å². The maximum atomic E-state index is 12.3. The highest BCUT2D eigenvalue weighted by Gasteiger charge is 2.22. The lowest BCUT2D eigenvalue weighted by Crippen LogP contribution is -2.48. The summed E-state index contributed by atoms with van der Waals surface area (Å²) in [6.45, 7) is 5.61. The van der Waals surface area contributed by atoms with Crippen molar-refractivity contribution in [1.82, 2.24) is 15.6 Å². The zero-order valence-electron chi connectivity index (χ0n) is 15.4. The number of hydrogen-bond acceptors (Lipinski definition) is 4. The Kier molecular flexibility index (Phi) is 7.22. The van der Waals surface area contributed by atoms with Gasteiger partial charge in [0.1, 0.15) is 12.1 Å². The summed E-state index contributed by atoms with van der Waals surface area (Å²) in [6.07, 6.45) is 7.81. The van der Waals surface area contributed by atoms with Crippen LogP contribution in [0.3, 0.4) is 0 Å². The summed E-state index contributed by atoms with van der Waals surface area (Å²) in [4.78, 5) is 27.8. The minimum atomic E-state index is -0.530. The van der Waals surface area contributed by atoms with Crippen LogP contribution in [0.4, 0.5) is 0 Å². The van der Waals surface area contributed by atoms with E-state index in [1.165, 1.54) is 26.2 Å². The van der Waals surface area contributed by atoms with Crippen LogP contribution in [0.1, 0.15) is 58.4 Å². The van der Waals surface area contributed by atoms with Gasteiger partial charge in [-0.05, 0) is 43.2 Å². The molecule has 6 heteroatoms. The summed E-state index contributed by atoms with van der Waals surface area (Å²) in [5.41, 5.74) is 0.930. The number of carbonyl (C=O) groups is 2. The van der Waals surface area contributed by atoms with Gasteiger partial charge in [0, 0.05) is 25.7 Å². The van der Waals surface area contributed by atoms with Crippen molar-refractivity contribution in [3.8, 4) is 5.88 Å². The Morgan fingerprint density at radius 3 is 2.64 bits per heavy atom. The average molecular weight is 347 g/mol. The molecule has 2 N–H and O–H groups in total. The first kappa shape index (κ1) is 19.2. The van der Waals surface area contributed by atoms with Gasteiger partial charge in [-0.25, -0.2) is 4.98 Å². The Bertz CT molecular complexity index is 583. The molecule has 1 aromatic rings. The fourth-order valence-electron chi connectivity index (χ4n) is 3.03. The van der Waals surface area contributed by atoms with E-state index in [1.807, 2.05) is 26.0 Å². The van der Waals surface area contributed by atoms with Gasteiger partial charge in [0.25, 0.3) is 0 Å². The quantitative estimate of drug-likeness (QED) is 0.794. The highest BCUT2D eigenvalue weighted by Crippen LogP contribution is 2.22. The molecule has 0 unspecified atom stereocenters. The molecular weight excluding hydrogens is 318 g/mol. The minimum absolute atomic E-state index is 0.0199. The molecule has 2 rings (SSSR count). The summed E-state index contributed by atoms with van der Waals surface area (Å²) < 4.78 is 5.96. The lowest BCUT2D eigenvalue weighted by Gasteiger charge is -2.23. The number of nitrogens with one attached hydrogen (secondary N) is 2. The topological polar surface area (TPSA) is 80.3 Å². The predicted octanol–water partition coefficient (Wildman–Crippen LogP) is 2.57. The van der Waals surface area contributed by atoms with Crippen LogP contribution < -0.4 is 15.4 Å². The van der Waals surface area contributed by atoms with E-state index in [0.717, 1.165) is 18.4 Å². The third kappa shape index (κ3) is 6.36. The van der Waals surface area contributed by atoms with E-state index < -0.39 is 6.04 Å². The van der Waals surface area contributed by atoms with Gasteiger partial charge in [-0.2, -0.15) is 0 Å². The van der Waals surface area contributed by atoms with Crippen molar-refractivity contribution in [3.63, 3.8) is 0 Å². The molecule has 0 spiro atoms. The number of carbonyl (C=O) groups excluding carboxylic acids is 2. The van der Waals surface area contributed by atoms with Crippen molar-refractivity contribution < 1.29 is 14.3 Å². The molecule has 1 aliphatic rings. The van der Waals surface area contributed by atoms with E-state index in [4.69, 9.17) is 4.74 Å². The molecule has 0 radical (unpaired) electrons. The zero-order chi connectivity index (χ0) is 18.2. The van der Waals surface area contributed by atoms with Crippen molar-refractivity contribution in [2.45, 2.75) is 71.6 Å². The second-order valence-corrected chi connectivity index (χ2v) is 7.02. The van der Waals surface area contributed by atoms with Gasteiger partial charge in [0.2, 0.25) is 17.7 Å². The molecule has 2 amide bonds. The molecule has 1 fully saturated rings. The summed E-state index contributed by atoms with van der Waals surface area (Å²) in [7, 11) is 0. The summed E-state index contributed by atoms with van der Waals surface area (Å²) >= 11 is 0. The van der Waals surface area contributed by atoms with Crippen molar-refractivity contribution >= 4 is 11.8 Å². The van der Waals surface area contributed by atoms with E-state index in [-0.39, 0.29) is 23.8 Å². The van der Waals surface area contributed by atoms with Crippen LogP contribution in [-0.2, 0) is 16.1 Å². The second kappa shape index (κ2) is 9.39. The minimum Gasteiger partial charge on any atom is -0.474 e. The van der Waals surface area contributed by atoms with Gasteiger partial charge < -0.3 is 15.4 Å². The van der Waals surface area contributed by atoms with Crippen molar-refractivity contribution in [1.29, 1.82) is 0 Å². The molecule has 25 heavy (non-hydrogen) atoms. The van der Waals surface area contributed by atoms with E-state index in [0.29, 0.717) is 12.4 Å². The third-order valence-electron chi connectivity index (χ3n) is 4.41. The number of nitrogens with zero attached hydrogens (tertiary/aromatic N) is 1. The molecule has 0 saturated heterocycles. The van der Waals surface area contributed by atoms with Crippen LogP contribution in [0.2, 0.25) is 0 Å². The molecule has 0 aromatic carbocycles. The molecule has 1 aliphatic carbocycles. The first-order valence-electron chi connectivity index (χ1n) is 9.12. The summed E-state index contributed by atoms with van der Waals surface area (Å²) in [6, 6.07) is 3.20. The van der Waals surface area contributed by atoms with Crippen LogP contribution in [0.25, 0.3) is 0 Å². The largest absolute Gasteiger partial charge is 0.474 e. The van der Waals surface area contributed by atoms with E-state index in [2.05, 4.69) is 15.6 Å². The SMILES string of the molecule is CC(=O)N[C@@H](C(=O)NCc1ccnc(OC2CCCCC2)c1)C(C)C. The second-order valence-electron chi connectivity index (χ2n) is 7.02. The average Bonchev–Trinajstić information content (AvgIpc) is 2.58. The standard InChI is InChI=1S/C19H29N3O3/c1-13(2)18(22-14(3)23)19(24)21-12-15-9-10-20-17(11-15)25-16-7-5-4-6-8-16/h9-11,13,16,18H,4-8,12H2,1-3H3,(H,21,24)(H,22,23)/t18-/m1/s1. The first-order chi connectivity index (χ1) is 12.0. The zero-order valence-corrected chi connectivity index (χ0v) is 15.4. The van der Waals surface area contributed by atoms with Crippen molar-refractivity contribution in [2.24, 2.45) is 5.92 Å². The Balaban J connectivity index is 1.90. The molecule has 1 atom stereocenters. The highest BCUT2D eigenvalue weighted by molar-refractivity contribution is 5.87. The molecule has 0 bridgehead atoms. The Morgan fingerprint density at radius 2 is 2.00 bits per heavy atom. The van der Waals surface area contributed by atoms with E-state index in [9.17, 15) is 9.59 Å². The summed E-state index contributed by atoms with van der Waals surface area (Å²) in [5, 5.41) is 5.57. The summed E-state index contributed by atoms with van der Waals surface area (Å²) in [5.74, 6) is 0.241. The van der Waals surface area contributed by atoms with Gasteiger partial charge in [-0.3, -0.25) is 9.59 Å². The first-order valence-corrected chi connectivity index (χ1v) is 9.12. The van der Waals surface area contributed by atoms with Gasteiger partial charge in [0.05, 0.1) is 0 Å². The fraction of sp³-hybridized carbons (Fsp3) is 0.632. The lowest BCUT2D eigenvalue weighted by molar-refractivity contribution is -0.129. The van der Waals surface area contributed by atoms with Crippen LogP contribution in [0.15, 0.2) is 18.3 Å². The fourth-order valence-corrected chi connectivity index (χ4v) is 3.03. The molecule has 0 aliphatic heterocycles. The van der Waals surface area contributed by atoms with Crippen molar-refractivity contribution in [3.05, 3.63) is 23.9 Å². The molecular formula is C19H29N3O3. The van der Waals surface area contributed by atoms with Crippen LogP contribution >= 0.6 is 0 Å². The molecule has 138 valence electrons.